The van der Waals surface area contributed by atoms with Crippen LogP contribution < -0.4 is 10.5 Å². The maximum atomic E-state index is 11.7. The number of rotatable bonds is 5. The third-order valence-corrected chi connectivity index (χ3v) is 2.08. The van der Waals surface area contributed by atoms with Crippen LogP contribution in [0, 0.1) is 0 Å². The number of nitrogens with two attached hydrogens (primary N) is 1. The zero-order chi connectivity index (χ0) is 11.3. The van der Waals surface area contributed by atoms with Crippen LogP contribution in [0.4, 0.5) is 0 Å². The van der Waals surface area contributed by atoms with Crippen molar-refractivity contribution in [2.75, 3.05) is 7.11 Å². The molecule has 0 saturated heterocycles. The minimum absolute atomic E-state index is 0.0234. The highest BCUT2D eigenvalue weighted by Gasteiger charge is 2.13. The number of nitrogens with zero attached hydrogens (tertiary/aromatic N) is 1. The molecular weight excluding hydrogens is 192 g/mol. The second-order valence-electron chi connectivity index (χ2n) is 3.49. The van der Waals surface area contributed by atoms with E-state index in [0.717, 1.165) is 0 Å². The molecule has 82 valence electrons. The van der Waals surface area contributed by atoms with E-state index in [1.165, 1.54) is 7.11 Å². The quantitative estimate of drug-likeness (QED) is 0.743. The third-order valence-electron chi connectivity index (χ3n) is 2.08. The fourth-order valence-electron chi connectivity index (χ4n) is 1.24. The van der Waals surface area contributed by atoms with Crippen LogP contribution in [-0.2, 0) is 0 Å². The molecule has 0 spiro atoms. The van der Waals surface area contributed by atoms with Gasteiger partial charge in [0.05, 0.1) is 7.11 Å². The Morgan fingerprint density at radius 1 is 1.67 bits per heavy atom. The minimum atomic E-state index is -0.0234. The predicted molar refractivity (Wildman–Crippen MR) is 58.0 cm³/mol. The molecule has 1 rings (SSSR count). The van der Waals surface area contributed by atoms with Crippen LogP contribution in [0.1, 0.15) is 30.3 Å². The van der Waals surface area contributed by atoms with E-state index in [0.29, 0.717) is 24.3 Å². The van der Waals surface area contributed by atoms with Crippen molar-refractivity contribution < 1.29 is 9.53 Å². The Hall–Kier alpha value is -1.42. The van der Waals surface area contributed by atoms with E-state index >= 15 is 0 Å². The van der Waals surface area contributed by atoms with Gasteiger partial charge in [-0.1, -0.05) is 0 Å². The first-order chi connectivity index (χ1) is 7.15. The molecule has 0 aliphatic carbocycles. The van der Waals surface area contributed by atoms with Crippen molar-refractivity contribution in [3.8, 4) is 5.75 Å². The van der Waals surface area contributed by atoms with Crippen molar-refractivity contribution in [3.63, 3.8) is 0 Å². The topological polar surface area (TPSA) is 65.2 Å². The van der Waals surface area contributed by atoms with Crippen LogP contribution in [0.3, 0.4) is 0 Å². The summed E-state index contributed by atoms with van der Waals surface area (Å²) in [6, 6.07) is 3.50. The SMILES string of the molecule is COc1cccnc1C(=O)CCC(C)N. The number of pyridine rings is 1. The maximum Gasteiger partial charge on any atom is 0.185 e. The average molecular weight is 208 g/mol. The monoisotopic (exact) mass is 208 g/mol. The van der Waals surface area contributed by atoms with Gasteiger partial charge in [0, 0.05) is 18.7 Å². The van der Waals surface area contributed by atoms with E-state index in [4.69, 9.17) is 10.5 Å². The van der Waals surface area contributed by atoms with Gasteiger partial charge in [-0.2, -0.15) is 0 Å². The van der Waals surface area contributed by atoms with E-state index in [1.807, 2.05) is 6.92 Å². The number of Topliss-reactive ketones (excluding diaryl/α,β-unsaturated/α-hetero) is 1. The van der Waals surface area contributed by atoms with Gasteiger partial charge < -0.3 is 10.5 Å². The number of ketones is 1. The highest BCUT2D eigenvalue weighted by Crippen LogP contribution is 2.17. The van der Waals surface area contributed by atoms with Gasteiger partial charge >= 0.3 is 0 Å². The molecule has 4 nitrogen and oxygen atoms in total. The van der Waals surface area contributed by atoms with E-state index in [9.17, 15) is 4.79 Å². The molecule has 0 aliphatic rings. The Kier molecular flexibility index (Phi) is 4.24. The number of hydrogen-bond donors (Lipinski definition) is 1. The first-order valence-electron chi connectivity index (χ1n) is 4.93. The second kappa shape index (κ2) is 5.46. The molecule has 1 unspecified atom stereocenters. The summed E-state index contributed by atoms with van der Waals surface area (Å²) < 4.78 is 5.06. The van der Waals surface area contributed by atoms with Gasteiger partial charge in [-0.15, -0.1) is 0 Å². The van der Waals surface area contributed by atoms with Crippen LogP contribution in [0.2, 0.25) is 0 Å². The summed E-state index contributed by atoms with van der Waals surface area (Å²) >= 11 is 0. The number of carbonyl (C=O) groups is 1. The summed E-state index contributed by atoms with van der Waals surface area (Å²) in [4.78, 5) is 15.7. The van der Waals surface area contributed by atoms with Gasteiger partial charge in [-0.25, -0.2) is 4.98 Å². The smallest absolute Gasteiger partial charge is 0.185 e. The summed E-state index contributed by atoms with van der Waals surface area (Å²) in [6.45, 7) is 1.88. The van der Waals surface area contributed by atoms with E-state index in [1.54, 1.807) is 18.3 Å². The fourth-order valence-corrected chi connectivity index (χ4v) is 1.24. The maximum absolute atomic E-state index is 11.7. The normalized spacial score (nSPS) is 12.2. The standard InChI is InChI=1S/C11H16N2O2/c1-8(12)5-6-9(14)11-10(15-2)4-3-7-13-11/h3-4,7-8H,5-6,12H2,1-2H3. The molecule has 0 saturated carbocycles. The Morgan fingerprint density at radius 2 is 2.40 bits per heavy atom. The molecule has 4 heteroatoms. The van der Waals surface area contributed by atoms with Crippen molar-refractivity contribution in [2.45, 2.75) is 25.8 Å². The fraction of sp³-hybridized carbons (Fsp3) is 0.455. The van der Waals surface area contributed by atoms with Crippen molar-refractivity contribution in [1.29, 1.82) is 0 Å². The number of hydrogen-bond acceptors (Lipinski definition) is 4. The van der Waals surface area contributed by atoms with Gasteiger partial charge in [0.2, 0.25) is 0 Å². The van der Waals surface area contributed by atoms with Crippen molar-refractivity contribution in [2.24, 2.45) is 5.73 Å². The molecule has 1 aromatic rings. The highest BCUT2D eigenvalue weighted by molar-refractivity contribution is 5.96. The summed E-state index contributed by atoms with van der Waals surface area (Å²) in [7, 11) is 1.53. The Morgan fingerprint density at radius 3 is 3.00 bits per heavy atom. The van der Waals surface area contributed by atoms with Crippen LogP contribution in [-0.4, -0.2) is 23.9 Å². The molecule has 0 fully saturated rings. The molecule has 0 bridgehead atoms. The molecule has 15 heavy (non-hydrogen) atoms. The summed E-state index contributed by atoms with van der Waals surface area (Å²) in [5, 5.41) is 0. The lowest BCUT2D eigenvalue weighted by atomic mass is 10.1. The van der Waals surface area contributed by atoms with Crippen molar-refractivity contribution in [1.82, 2.24) is 4.98 Å². The summed E-state index contributed by atoms with van der Waals surface area (Å²) in [5.74, 6) is 0.497. The second-order valence-corrected chi connectivity index (χ2v) is 3.49. The molecule has 2 N–H and O–H groups in total. The molecule has 0 radical (unpaired) electrons. The molecule has 0 aromatic carbocycles. The van der Waals surface area contributed by atoms with E-state index in [-0.39, 0.29) is 11.8 Å². The number of ether oxygens (including phenoxy) is 1. The number of methoxy groups -OCH3 is 1. The molecule has 0 amide bonds. The lowest BCUT2D eigenvalue weighted by molar-refractivity contribution is 0.0970. The van der Waals surface area contributed by atoms with E-state index < -0.39 is 0 Å². The Labute approximate surface area is 89.5 Å². The van der Waals surface area contributed by atoms with Gasteiger partial charge in [0.25, 0.3) is 0 Å². The van der Waals surface area contributed by atoms with Gasteiger partial charge in [0.1, 0.15) is 11.4 Å². The molecular formula is C11H16N2O2. The average Bonchev–Trinajstić information content (AvgIpc) is 2.25. The lowest BCUT2D eigenvalue weighted by Crippen LogP contribution is -2.17. The zero-order valence-electron chi connectivity index (χ0n) is 9.06. The number of carbonyl (C=O) groups excluding carboxylic acids is 1. The molecule has 1 atom stereocenters. The minimum Gasteiger partial charge on any atom is -0.494 e. The summed E-state index contributed by atoms with van der Waals surface area (Å²) in [5.41, 5.74) is 5.97. The molecule has 0 aliphatic heterocycles. The first kappa shape index (κ1) is 11.7. The Balaban J connectivity index is 2.72. The van der Waals surface area contributed by atoms with Crippen LogP contribution >= 0.6 is 0 Å². The molecule has 1 aromatic heterocycles. The van der Waals surface area contributed by atoms with Crippen molar-refractivity contribution in [3.05, 3.63) is 24.0 Å². The Bertz CT molecular complexity index is 337. The third kappa shape index (κ3) is 3.32. The first-order valence-corrected chi connectivity index (χ1v) is 4.93. The van der Waals surface area contributed by atoms with E-state index in [2.05, 4.69) is 4.98 Å². The lowest BCUT2D eigenvalue weighted by Gasteiger charge is -2.07. The highest BCUT2D eigenvalue weighted by atomic mass is 16.5. The van der Waals surface area contributed by atoms with Crippen LogP contribution in [0.5, 0.6) is 5.75 Å². The number of aromatic nitrogens is 1. The largest absolute Gasteiger partial charge is 0.494 e. The van der Waals surface area contributed by atoms with Gasteiger partial charge in [-0.3, -0.25) is 4.79 Å². The molecule has 1 heterocycles. The summed E-state index contributed by atoms with van der Waals surface area (Å²) in [6.07, 6.45) is 2.66. The van der Waals surface area contributed by atoms with Crippen molar-refractivity contribution >= 4 is 5.78 Å². The van der Waals surface area contributed by atoms with Crippen LogP contribution in [0.25, 0.3) is 0 Å². The van der Waals surface area contributed by atoms with Crippen LogP contribution in [0.15, 0.2) is 18.3 Å². The zero-order valence-corrected chi connectivity index (χ0v) is 9.06. The van der Waals surface area contributed by atoms with Gasteiger partial charge in [-0.05, 0) is 25.5 Å². The predicted octanol–water partition coefficient (Wildman–Crippen LogP) is 1.40. The van der Waals surface area contributed by atoms with Gasteiger partial charge in [0.15, 0.2) is 5.78 Å².